The lowest BCUT2D eigenvalue weighted by atomic mass is 9.91. The normalized spacial score (nSPS) is 18.5. The van der Waals surface area contributed by atoms with E-state index in [0.29, 0.717) is 44.8 Å². The monoisotopic (exact) mass is 689 g/mol. The third kappa shape index (κ3) is 6.58. The number of fused-ring (bicyclic) bond motifs is 2. The first-order valence-electron chi connectivity index (χ1n) is 17.5. The molecule has 0 atom stereocenters. The van der Waals surface area contributed by atoms with Crippen LogP contribution < -0.4 is 16.6 Å². The molecule has 0 bridgehead atoms. The number of hydrogen-bond acceptors (Lipinski definition) is 8. The third-order valence-electron chi connectivity index (χ3n) is 10.3. The van der Waals surface area contributed by atoms with Crippen LogP contribution in [0.25, 0.3) is 33.5 Å². The summed E-state index contributed by atoms with van der Waals surface area (Å²) in [6, 6.07) is 19.9. The number of aromatic nitrogens is 5. The summed E-state index contributed by atoms with van der Waals surface area (Å²) in [6.07, 6.45) is 5.85. The van der Waals surface area contributed by atoms with Crippen molar-refractivity contribution in [2.75, 3.05) is 26.3 Å². The Morgan fingerprint density at radius 2 is 1.78 bits per heavy atom. The molecule has 1 aliphatic carbocycles. The van der Waals surface area contributed by atoms with Crippen LogP contribution in [0.2, 0.25) is 0 Å². The van der Waals surface area contributed by atoms with Gasteiger partial charge in [0.25, 0.3) is 5.56 Å². The number of halogens is 1. The molecule has 2 aromatic carbocycles. The first-order chi connectivity index (χ1) is 24.8. The van der Waals surface area contributed by atoms with Crippen LogP contribution in [0.5, 0.6) is 5.75 Å². The minimum atomic E-state index is -0.642. The van der Waals surface area contributed by atoms with E-state index < -0.39 is 17.1 Å². The maximum atomic E-state index is 14.6. The SMILES string of the molecule is Cc1cccc2nc(CNC3CCC(n4c(=O)c5cc(F)cnc5n(-c5cccc(-c6ccc(O)cc6CN6CCOCC6)c5)c4=O)CC3)cn12. The van der Waals surface area contributed by atoms with E-state index >= 15 is 0 Å². The summed E-state index contributed by atoms with van der Waals surface area (Å²) in [5.41, 5.74) is 5.27. The van der Waals surface area contributed by atoms with Crippen LogP contribution in [0.15, 0.2) is 88.7 Å². The van der Waals surface area contributed by atoms with E-state index in [1.165, 1.54) is 15.2 Å². The van der Waals surface area contributed by atoms with E-state index in [4.69, 9.17) is 9.72 Å². The van der Waals surface area contributed by atoms with Gasteiger partial charge in [0, 0.05) is 50.2 Å². The first-order valence-corrected chi connectivity index (χ1v) is 17.5. The van der Waals surface area contributed by atoms with Crippen molar-refractivity contribution in [2.24, 2.45) is 0 Å². The van der Waals surface area contributed by atoms with Gasteiger partial charge in [-0.2, -0.15) is 0 Å². The second-order valence-corrected chi connectivity index (χ2v) is 13.6. The second kappa shape index (κ2) is 13.9. The van der Waals surface area contributed by atoms with Crippen molar-refractivity contribution in [3.05, 3.63) is 123 Å². The van der Waals surface area contributed by atoms with Gasteiger partial charge in [0.15, 0.2) is 5.65 Å². The van der Waals surface area contributed by atoms with Gasteiger partial charge in [0.1, 0.15) is 17.2 Å². The Morgan fingerprint density at radius 3 is 2.59 bits per heavy atom. The van der Waals surface area contributed by atoms with Gasteiger partial charge in [-0.1, -0.05) is 24.3 Å². The Morgan fingerprint density at radius 1 is 0.980 bits per heavy atom. The minimum Gasteiger partial charge on any atom is -0.508 e. The highest BCUT2D eigenvalue weighted by atomic mass is 19.1. The number of nitrogens with one attached hydrogen (secondary N) is 1. The smallest absolute Gasteiger partial charge is 0.337 e. The molecule has 11 nitrogen and oxygen atoms in total. The molecule has 1 saturated heterocycles. The number of phenols is 1. The number of ether oxygens (including phenoxy) is 1. The van der Waals surface area contributed by atoms with Gasteiger partial charge in [0.2, 0.25) is 0 Å². The van der Waals surface area contributed by atoms with Gasteiger partial charge >= 0.3 is 5.69 Å². The highest BCUT2D eigenvalue weighted by Crippen LogP contribution is 2.31. The van der Waals surface area contributed by atoms with Crippen molar-refractivity contribution in [1.29, 1.82) is 0 Å². The number of hydrogen-bond donors (Lipinski definition) is 2. The molecule has 1 saturated carbocycles. The fourth-order valence-corrected chi connectivity index (χ4v) is 7.61. The quantitative estimate of drug-likeness (QED) is 0.226. The van der Waals surface area contributed by atoms with Crippen molar-refractivity contribution >= 4 is 16.7 Å². The van der Waals surface area contributed by atoms with E-state index in [1.807, 2.05) is 36.4 Å². The fraction of sp³-hybridized carbons (Fsp3) is 0.333. The molecule has 2 aliphatic rings. The maximum Gasteiger partial charge on any atom is 0.337 e. The number of phenolic OH excluding ortho intramolecular Hbond substituents is 1. The molecular formula is C39H40FN7O4. The lowest BCUT2D eigenvalue weighted by Gasteiger charge is -2.30. The summed E-state index contributed by atoms with van der Waals surface area (Å²) in [4.78, 5) is 39.6. The summed E-state index contributed by atoms with van der Waals surface area (Å²) in [5, 5.41) is 14.0. The molecule has 2 N–H and O–H groups in total. The summed E-state index contributed by atoms with van der Waals surface area (Å²) in [5.74, 6) is -0.467. The van der Waals surface area contributed by atoms with Crippen LogP contribution in [-0.4, -0.2) is 65.9 Å². The molecular weight excluding hydrogens is 649 g/mol. The van der Waals surface area contributed by atoms with E-state index in [-0.39, 0.29) is 28.9 Å². The van der Waals surface area contributed by atoms with E-state index in [1.54, 1.807) is 18.2 Å². The van der Waals surface area contributed by atoms with Gasteiger partial charge in [-0.05, 0) is 91.8 Å². The molecule has 0 amide bonds. The van der Waals surface area contributed by atoms with E-state index in [0.717, 1.165) is 65.9 Å². The summed E-state index contributed by atoms with van der Waals surface area (Å²) in [6.45, 7) is 6.20. The Balaban J connectivity index is 1.09. The zero-order valence-corrected chi connectivity index (χ0v) is 28.5. The zero-order chi connectivity index (χ0) is 35.1. The van der Waals surface area contributed by atoms with Crippen LogP contribution in [0.3, 0.4) is 0 Å². The van der Waals surface area contributed by atoms with Crippen molar-refractivity contribution in [2.45, 2.75) is 57.8 Å². The predicted molar refractivity (Wildman–Crippen MR) is 193 cm³/mol. The van der Waals surface area contributed by atoms with Gasteiger partial charge < -0.3 is 19.6 Å². The molecule has 51 heavy (non-hydrogen) atoms. The molecule has 5 heterocycles. The minimum absolute atomic E-state index is 0.0556. The number of imidazole rings is 1. The predicted octanol–water partition coefficient (Wildman–Crippen LogP) is 5.12. The lowest BCUT2D eigenvalue weighted by molar-refractivity contribution is 0.0342. The molecule has 2 fully saturated rings. The molecule has 4 aromatic heterocycles. The summed E-state index contributed by atoms with van der Waals surface area (Å²) < 4.78 is 24.9. The van der Waals surface area contributed by atoms with Gasteiger partial charge in [-0.3, -0.25) is 14.3 Å². The number of pyridine rings is 2. The maximum absolute atomic E-state index is 14.6. The van der Waals surface area contributed by atoms with Gasteiger partial charge in [-0.15, -0.1) is 0 Å². The number of aryl methyl sites for hydroxylation is 1. The number of benzene rings is 2. The van der Waals surface area contributed by atoms with Crippen LogP contribution >= 0.6 is 0 Å². The number of aromatic hydroxyl groups is 1. The molecule has 0 radical (unpaired) electrons. The van der Waals surface area contributed by atoms with E-state index in [9.17, 15) is 19.1 Å². The largest absolute Gasteiger partial charge is 0.508 e. The van der Waals surface area contributed by atoms with E-state index in [2.05, 4.69) is 38.8 Å². The highest BCUT2D eigenvalue weighted by molar-refractivity contribution is 5.77. The van der Waals surface area contributed by atoms with Crippen molar-refractivity contribution in [3.8, 4) is 22.6 Å². The van der Waals surface area contributed by atoms with Crippen LogP contribution in [0, 0.1) is 12.7 Å². The van der Waals surface area contributed by atoms with Crippen LogP contribution in [-0.2, 0) is 17.8 Å². The number of nitrogens with zero attached hydrogens (tertiary/aromatic N) is 6. The molecule has 6 aromatic rings. The van der Waals surface area contributed by atoms with Crippen molar-refractivity contribution in [1.82, 2.24) is 33.7 Å². The Labute approximate surface area is 293 Å². The third-order valence-corrected chi connectivity index (χ3v) is 10.3. The molecule has 8 rings (SSSR count). The van der Waals surface area contributed by atoms with Crippen LogP contribution in [0.4, 0.5) is 4.39 Å². The topological polar surface area (TPSA) is 119 Å². The average molecular weight is 690 g/mol. The molecule has 0 unspecified atom stereocenters. The van der Waals surface area contributed by atoms with Crippen LogP contribution in [0.1, 0.15) is 48.7 Å². The van der Waals surface area contributed by atoms with Crippen molar-refractivity contribution in [3.63, 3.8) is 0 Å². The molecule has 262 valence electrons. The fourth-order valence-electron chi connectivity index (χ4n) is 7.61. The lowest BCUT2D eigenvalue weighted by Crippen LogP contribution is -2.44. The van der Waals surface area contributed by atoms with Gasteiger partial charge in [-0.25, -0.2) is 23.7 Å². The number of rotatable bonds is 8. The summed E-state index contributed by atoms with van der Waals surface area (Å²) in [7, 11) is 0. The zero-order valence-electron chi connectivity index (χ0n) is 28.5. The summed E-state index contributed by atoms with van der Waals surface area (Å²) >= 11 is 0. The molecule has 12 heteroatoms. The molecule has 0 spiro atoms. The van der Waals surface area contributed by atoms with Crippen molar-refractivity contribution < 1.29 is 14.2 Å². The van der Waals surface area contributed by atoms with Gasteiger partial charge in [0.05, 0.1) is 36.2 Å². The first kappa shape index (κ1) is 33.0. The Bertz CT molecular complexity index is 2350. The molecule has 1 aliphatic heterocycles. The second-order valence-electron chi connectivity index (χ2n) is 13.6. The number of morpholine rings is 1. The standard InChI is InChI=1S/C39H40FN7O4/c1-25-4-2-7-36-43-30(24-45(25)36)22-41-29-8-10-31(11-9-29)47-38(49)35-20-28(40)21-42-37(35)46(39(47)50)32-6-3-5-26(18-32)34-13-12-33(48)19-27(34)23-44-14-16-51-17-15-44/h2-7,12-13,18-21,24,29,31,41,48H,8-11,14-17,22-23H2,1H3. The Kier molecular flexibility index (Phi) is 8.97. The highest BCUT2D eigenvalue weighted by Gasteiger charge is 2.27. The average Bonchev–Trinajstić information content (AvgIpc) is 3.57. The Hall–Kier alpha value is -5.17.